The highest BCUT2D eigenvalue weighted by Gasteiger charge is 2.13. The highest BCUT2D eigenvalue weighted by Crippen LogP contribution is 2.29. The minimum absolute atomic E-state index is 0.387. The van der Waals surface area contributed by atoms with Crippen molar-refractivity contribution in [3.8, 4) is 11.5 Å². The molecule has 0 aliphatic rings. The predicted molar refractivity (Wildman–Crippen MR) is 137 cm³/mol. The number of aryl methyl sites for hydroxylation is 1. The molecule has 34 heavy (non-hydrogen) atoms. The van der Waals surface area contributed by atoms with E-state index < -0.39 is 11.8 Å². The van der Waals surface area contributed by atoms with Gasteiger partial charge in [0.05, 0.1) is 12.8 Å². The van der Waals surface area contributed by atoms with Crippen LogP contribution in [-0.4, -0.2) is 24.6 Å². The highest BCUT2D eigenvalue weighted by molar-refractivity contribution is 9.10. The van der Waals surface area contributed by atoms with Crippen LogP contribution in [0.25, 0.3) is 0 Å². The largest absolute Gasteiger partial charge is 0.490 e. The Morgan fingerprint density at radius 3 is 2.47 bits per heavy atom. The number of hydrogen-bond donors (Lipinski definition) is 2. The molecule has 0 atom stereocenters. The molecule has 0 saturated carbocycles. The Balaban J connectivity index is 1.59. The average molecular weight is 545 g/mol. The Morgan fingerprint density at radius 1 is 1.00 bits per heavy atom. The van der Waals surface area contributed by atoms with E-state index in [1.54, 1.807) is 36.4 Å². The van der Waals surface area contributed by atoms with Crippen molar-refractivity contribution in [3.63, 3.8) is 0 Å². The van der Waals surface area contributed by atoms with E-state index in [2.05, 4.69) is 31.8 Å². The summed E-state index contributed by atoms with van der Waals surface area (Å²) in [7, 11) is 0. The number of carbonyl (C=O) groups is 2. The molecule has 3 aromatic rings. The number of ether oxygens (including phenoxy) is 2. The molecule has 0 saturated heterocycles. The first kappa shape index (κ1) is 25.3. The summed E-state index contributed by atoms with van der Waals surface area (Å²) in [5, 5.41) is 6.82. The van der Waals surface area contributed by atoms with Crippen molar-refractivity contribution in [2.75, 3.05) is 11.9 Å². The molecule has 0 radical (unpaired) electrons. The van der Waals surface area contributed by atoms with Gasteiger partial charge >= 0.3 is 11.8 Å². The molecule has 0 aromatic heterocycles. The van der Waals surface area contributed by atoms with Gasteiger partial charge in [0.25, 0.3) is 0 Å². The van der Waals surface area contributed by atoms with Gasteiger partial charge in [0, 0.05) is 15.2 Å². The molecular weight excluding hydrogens is 522 g/mol. The molecule has 0 heterocycles. The maximum absolute atomic E-state index is 12.1. The third-order valence-corrected chi connectivity index (χ3v) is 5.53. The van der Waals surface area contributed by atoms with Crippen molar-refractivity contribution in [1.29, 1.82) is 0 Å². The van der Waals surface area contributed by atoms with Gasteiger partial charge in [-0.05, 0) is 73.0 Å². The molecule has 0 fully saturated rings. The number of hydrogen-bond acceptors (Lipinski definition) is 5. The van der Waals surface area contributed by atoms with Gasteiger partial charge < -0.3 is 14.8 Å². The van der Waals surface area contributed by atoms with E-state index in [4.69, 9.17) is 21.1 Å². The fourth-order valence-corrected chi connectivity index (χ4v) is 3.25. The lowest BCUT2D eigenvalue weighted by atomic mass is 10.2. The maximum Gasteiger partial charge on any atom is 0.329 e. The average Bonchev–Trinajstić information content (AvgIpc) is 2.82. The third kappa shape index (κ3) is 7.33. The molecule has 2 amide bonds. The first-order chi connectivity index (χ1) is 16.4. The topological polar surface area (TPSA) is 89.0 Å². The fraction of sp³-hybridized carbons (Fsp3) is 0.160. The van der Waals surface area contributed by atoms with E-state index in [1.807, 2.05) is 38.1 Å². The maximum atomic E-state index is 12.1. The number of carbonyl (C=O) groups excluding carboxylic acids is 2. The van der Waals surface area contributed by atoms with Gasteiger partial charge in [-0.1, -0.05) is 45.7 Å². The molecule has 0 aliphatic carbocycles. The van der Waals surface area contributed by atoms with Crippen LogP contribution < -0.4 is 20.2 Å². The lowest BCUT2D eigenvalue weighted by Crippen LogP contribution is -2.32. The second kappa shape index (κ2) is 12.2. The number of amides is 2. The molecule has 2 N–H and O–H groups in total. The monoisotopic (exact) mass is 543 g/mol. The molecule has 3 aromatic carbocycles. The first-order valence-electron chi connectivity index (χ1n) is 10.4. The van der Waals surface area contributed by atoms with E-state index in [0.29, 0.717) is 41.0 Å². The molecule has 0 aliphatic heterocycles. The zero-order valence-corrected chi connectivity index (χ0v) is 20.9. The van der Waals surface area contributed by atoms with Crippen LogP contribution in [0.2, 0.25) is 5.02 Å². The standard InChI is InChI=1S/C25H23BrClN3O4/c1-3-33-23-12-18(7-11-22(23)34-15-17-5-8-19(26)9-6-17)14-28-30-25(32)24(31)29-20-10-4-16(2)21(27)13-20/h4-14H,3,15H2,1-2H3,(H,29,31)(H,30,32)/b28-14-. The van der Waals surface area contributed by atoms with Crippen LogP contribution >= 0.6 is 27.5 Å². The normalized spacial score (nSPS) is 10.7. The Hall–Kier alpha value is -3.36. The van der Waals surface area contributed by atoms with Crippen LogP contribution in [0.3, 0.4) is 0 Å². The molecule has 3 rings (SSSR count). The van der Waals surface area contributed by atoms with Crippen molar-refractivity contribution in [2.24, 2.45) is 5.10 Å². The van der Waals surface area contributed by atoms with E-state index >= 15 is 0 Å². The van der Waals surface area contributed by atoms with Crippen LogP contribution in [0, 0.1) is 6.92 Å². The smallest absolute Gasteiger partial charge is 0.329 e. The molecule has 0 bridgehead atoms. The van der Waals surface area contributed by atoms with Gasteiger partial charge in [-0.25, -0.2) is 5.43 Å². The number of rotatable bonds is 8. The van der Waals surface area contributed by atoms with E-state index in [9.17, 15) is 9.59 Å². The second-order valence-electron chi connectivity index (χ2n) is 7.17. The van der Waals surface area contributed by atoms with Gasteiger partial charge in [0.15, 0.2) is 11.5 Å². The van der Waals surface area contributed by atoms with Gasteiger partial charge in [0.1, 0.15) is 6.61 Å². The van der Waals surface area contributed by atoms with Crippen LogP contribution in [0.5, 0.6) is 11.5 Å². The molecule has 0 unspecified atom stereocenters. The Kier molecular flexibility index (Phi) is 9.07. The quantitative estimate of drug-likeness (QED) is 0.223. The minimum Gasteiger partial charge on any atom is -0.490 e. The van der Waals surface area contributed by atoms with Crippen LogP contribution in [0.4, 0.5) is 5.69 Å². The summed E-state index contributed by atoms with van der Waals surface area (Å²) in [5.74, 6) is -0.637. The van der Waals surface area contributed by atoms with Crippen molar-refractivity contribution in [3.05, 3.63) is 86.8 Å². The van der Waals surface area contributed by atoms with Crippen molar-refractivity contribution in [1.82, 2.24) is 5.43 Å². The molecule has 7 nitrogen and oxygen atoms in total. The fourth-order valence-electron chi connectivity index (χ4n) is 2.81. The summed E-state index contributed by atoms with van der Waals surface area (Å²) in [4.78, 5) is 24.1. The summed E-state index contributed by atoms with van der Waals surface area (Å²) in [5.41, 5.74) is 5.16. The van der Waals surface area contributed by atoms with Crippen molar-refractivity contribution < 1.29 is 19.1 Å². The number of anilines is 1. The second-order valence-corrected chi connectivity index (χ2v) is 8.49. The zero-order valence-electron chi connectivity index (χ0n) is 18.6. The zero-order chi connectivity index (χ0) is 24.5. The Labute approximate surface area is 211 Å². The van der Waals surface area contributed by atoms with Crippen LogP contribution in [0.1, 0.15) is 23.6 Å². The van der Waals surface area contributed by atoms with E-state index in [-0.39, 0.29) is 0 Å². The summed E-state index contributed by atoms with van der Waals surface area (Å²) >= 11 is 9.45. The predicted octanol–water partition coefficient (Wildman–Crippen LogP) is 5.48. The molecule has 176 valence electrons. The number of halogens is 2. The summed E-state index contributed by atoms with van der Waals surface area (Å²) in [6, 6.07) is 18.1. The number of hydrazone groups is 1. The van der Waals surface area contributed by atoms with Gasteiger partial charge in [-0.15, -0.1) is 0 Å². The first-order valence-corrected chi connectivity index (χ1v) is 11.6. The molecule has 0 spiro atoms. The van der Waals surface area contributed by atoms with Gasteiger partial charge in [-0.3, -0.25) is 9.59 Å². The van der Waals surface area contributed by atoms with E-state index in [0.717, 1.165) is 15.6 Å². The van der Waals surface area contributed by atoms with Crippen molar-refractivity contribution >= 4 is 51.2 Å². The number of nitrogens with zero attached hydrogens (tertiary/aromatic N) is 1. The third-order valence-electron chi connectivity index (χ3n) is 4.59. The lowest BCUT2D eigenvalue weighted by molar-refractivity contribution is -0.136. The van der Waals surface area contributed by atoms with Gasteiger partial charge in [-0.2, -0.15) is 5.10 Å². The van der Waals surface area contributed by atoms with Crippen molar-refractivity contribution in [2.45, 2.75) is 20.5 Å². The molecule has 9 heteroatoms. The lowest BCUT2D eigenvalue weighted by Gasteiger charge is -2.12. The summed E-state index contributed by atoms with van der Waals surface area (Å²) < 4.78 is 12.6. The summed E-state index contributed by atoms with van der Waals surface area (Å²) in [6.45, 7) is 4.56. The van der Waals surface area contributed by atoms with Gasteiger partial charge in [0.2, 0.25) is 0 Å². The number of benzene rings is 3. The van der Waals surface area contributed by atoms with Crippen LogP contribution in [0.15, 0.2) is 70.2 Å². The van der Waals surface area contributed by atoms with E-state index in [1.165, 1.54) is 6.21 Å². The highest BCUT2D eigenvalue weighted by atomic mass is 79.9. The summed E-state index contributed by atoms with van der Waals surface area (Å²) in [6.07, 6.45) is 1.41. The van der Waals surface area contributed by atoms with Crippen LogP contribution in [-0.2, 0) is 16.2 Å². The minimum atomic E-state index is -0.910. The Bertz CT molecular complexity index is 1200. The Morgan fingerprint density at radius 2 is 1.76 bits per heavy atom. The SMILES string of the molecule is CCOc1cc(/C=N\NC(=O)C(=O)Nc2ccc(C)c(Cl)c2)ccc1OCc1ccc(Br)cc1. The number of nitrogens with one attached hydrogen (secondary N) is 2. The molecular formula is C25H23BrClN3O4.